The van der Waals surface area contributed by atoms with Gasteiger partial charge in [-0.15, -0.1) is 0 Å². The minimum absolute atomic E-state index is 0.675. The van der Waals surface area contributed by atoms with Crippen molar-refractivity contribution in [3.05, 3.63) is 22.2 Å². The molecule has 1 aromatic carbocycles. The number of methoxy groups -OCH3 is 2. The van der Waals surface area contributed by atoms with Crippen LogP contribution in [0.15, 0.2) is 16.6 Å². The number of halogens is 1. The van der Waals surface area contributed by atoms with Crippen molar-refractivity contribution in [2.24, 2.45) is 0 Å². The maximum atomic E-state index is 5.36. The Morgan fingerprint density at radius 1 is 1.29 bits per heavy atom. The second-order valence-corrected chi connectivity index (χ2v) is 6.21. The van der Waals surface area contributed by atoms with Crippen LogP contribution in [0.25, 0.3) is 0 Å². The van der Waals surface area contributed by atoms with E-state index in [0.29, 0.717) is 6.04 Å². The molecule has 0 amide bonds. The monoisotopic (exact) mass is 356 g/mol. The number of ether oxygens (including phenoxy) is 2. The van der Waals surface area contributed by atoms with Crippen molar-refractivity contribution >= 4 is 15.9 Å². The summed E-state index contributed by atoms with van der Waals surface area (Å²) in [6.07, 6.45) is 2.62. The summed E-state index contributed by atoms with van der Waals surface area (Å²) in [6, 6.07) is 4.67. The molecule has 1 saturated heterocycles. The Hall–Kier alpha value is -0.780. The molecule has 0 spiro atoms. The van der Waals surface area contributed by atoms with E-state index in [2.05, 4.69) is 33.1 Å². The molecule has 1 unspecified atom stereocenters. The van der Waals surface area contributed by atoms with Crippen molar-refractivity contribution in [1.82, 2.24) is 10.2 Å². The first kappa shape index (κ1) is 16.6. The van der Waals surface area contributed by atoms with E-state index in [4.69, 9.17) is 9.47 Å². The molecule has 118 valence electrons. The van der Waals surface area contributed by atoms with Crippen molar-refractivity contribution in [2.45, 2.75) is 32.4 Å². The van der Waals surface area contributed by atoms with Gasteiger partial charge in [0.25, 0.3) is 0 Å². The molecular weight excluding hydrogens is 332 g/mol. The maximum absolute atomic E-state index is 5.36. The fraction of sp³-hybridized carbons (Fsp3) is 0.625. The molecule has 1 aromatic rings. The van der Waals surface area contributed by atoms with Crippen LogP contribution in [0.4, 0.5) is 0 Å². The van der Waals surface area contributed by atoms with E-state index in [1.807, 2.05) is 12.1 Å². The zero-order valence-corrected chi connectivity index (χ0v) is 14.7. The summed E-state index contributed by atoms with van der Waals surface area (Å²) in [5.74, 6) is 1.52. The van der Waals surface area contributed by atoms with Crippen LogP contribution >= 0.6 is 15.9 Å². The number of likely N-dealkylation sites (tertiary alicyclic amines) is 1. The molecule has 2 rings (SSSR count). The minimum Gasteiger partial charge on any atom is -0.493 e. The number of hydrogen-bond acceptors (Lipinski definition) is 4. The van der Waals surface area contributed by atoms with Crippen molar-refractivity contribution in [3.8, 4) is 11.5 Å². The molecule has 0 aliphatic carbocycles. The molecule has 1 fully saturated rings. The predicted molar refractivity (Wildman–Crippen MR) is 89.2 cm³/mol. The van der Waals surface area contributed by atoms with Crippen LogP contribution in [-0.4, -0.2) is 44.8 Å². The Kier molecular flexibility index (Phi) is 6.33. The largest absolute Gasteiger partial charge is 0.493 e. The van der Waals surface area contributed by atoms with Crippen molar-refractivity contribution in [2.75, 3.05) is 33.9 Å². The van der Waals surface area contributed by atoms with Gasteiger partial charge in [-0.3, -0.25) is 4.90 Å². The van der Waals surface area contributed by atoms with E-state index in [1.54, 1.807) is 14.2 Å². The molecule has 4 nitrogen and oxygen atoms in total. The first-order chi connectivity index (χ1) is 10.2. The van der Waals surface area contributed by atoms with Gasteiger partial charge in [0.15, 0.2) is 11.5 Å². The molecular formula is C16H25BrN2O2. The molecule has 0 radical (unpaired) electrons. The van der Waals surface area contributed by atoms with Gasteiger partial charge in [-0.2, -0.15) is 0 Å². The number of nitrogens with zero attached hydrogens (tertiary/aromatic N) is 1. The lowest BCUT2D eigenvalue weighted by Gasteiger charge is -2.23. The maximum Gasteiger partial charge on any atom is 0.161 e. The number of likely N-dealkylation sites (N-methyl/N-ethyl adjacent to an activating group) is 1. The van der Waals surface area contributed by atoms with Crippen LogP contribution in [0.5, 0.6) is 11.5 Å². The Morgan fingerprint density at radius 2 is 2.00 bits per heavy atom. The first-order valence-corrected chi connectivity index (χ1v) is 8.34. The molecule has 21 heavy (non-hydrogen) atoms. The van der Waals surface area contributed by atoms with Gasteiger partial charge in [-0.1, -0.05) is 22.9 Å². The predicted octanol–water partition coefficient (Wildman–Crippen LogP) is 3.04. The number of rotatable bonds is 7. The summed E-state index contributed by atoms with van der Waals surface area (Å²) in [6.45, 7) is 6.49. The number of benzene rings is 1. The van der Waals surface area contributed by atoms with Gasteiger partial charge in [0, 0.05) is 23.6 Å². The molecule has 1 atom stereocenters. The molecule has 1 N–H and O–H groups in total. The van der Waals surface area contributed by atoms with Crippen molar-refractivity contribution < 1.29 is 9.47 Å². The highest BCUT2D eigenvalue weighted by Gasteiger charge is 2.22. The first-order valence-electron chi connectivity index (χ1n) is 7.54. The topological polar surface area (TPSA) is 33.7 Å². The van der Waals surface area contributed by atoms with Gasteiger partial charge in [-0.25, -0.2) is 0 Å². The lowest BCUT2D eigenvalue weighted by Crippen LogP contribution is -2.37. The molecule has 5 heteroatoms. The third kappa shape index (κ3) is 4.11. The van der Waals surface area contributed by atoms with E-state index in [-0.39, 0.29) is 0 Å². The van der Waals surface area contributed by atoms with Gasteiger partial charge in [-0.05, 0) is 43.6 Å². The van der Waals surface area contributed by atoms with E-state index in [0.717, 1.165) is 35.6 Å². The standard InChI is InChI=1S/C16H25BrN2O2/c1-4-19-7-5-6-13(19)11-18-10-12-8-15(20-2)16(21-3)9-14(12)17/h8-9,13,18H,4-7,10-11H2,1-3H3. The van der Waals surface area contributed by atoms with Crippen LogP contribution < -0.4 is 14.8 Å². The molecule has 0 aromatic heterocycles. The third-order valence-electron chi connectivity index (χ3n) is 4.15. The zero-order chi connectivity index (χ0) is 15.2. The van der Waals surface area contributed by atoms with Crippen LogP contribution in [0.2, 0.25) is 0 Å². The summed E-state index contributed by atoms with van der Waals surface area (Å²) in [5, 5.41) is 3.57. The quantitative estimate of drug-likeness (QED) is 0.813. The normalized spacial score (nSPS) is 19.0. The fourth-order valence-corrected chi connectivity index (χ4v) is 3.41. The fourth-order valence-electron chi connectivity index (χ4n) is 2.95. The summed E-state index contributed by atoms with van der Waals surface area (Å²) >= 11 is 3.60. The molecule has 0 saturated carbocycles. The van der Waals surface area contributed by atoms with Gasteiger partial charge in [0.05, 0.1) is 14.2 Å². The molecule has 0 bridgehead atoms. The van der Waals surface area contributed by atoms with Crippen molar-refractivity contribution in [3.63, 3.8) is 0 Å². The summed E-state index contributed by atoms with van der Waals surface area (Å²) in [4.78, 5) is 2.55. The highest BCUT2D eigenvalue weighted by atomic mass is 79.9. The van der Waals surface area contributed by atoms with E-state index in [9.17, 15) is 0 Å². The summed E-state index contributed by atoms with van der Waals surface area (Å²) < 4.78 is 11.7. The lowest BCUT2D eigenvalue weighted by molar-refractivity contribution is 0.260. The Labute approximate surface area is 135 Å². The van der Waals surface area contributed by atoms with Crippen LogP contribution in [-0.2, 0) is 6.54 Å². The molecule has 1 aliphatic heterocycles. The van der Waals surface area contributed by atoms with Gasteiger partial charge in [0.2, 0.25) is 0 Å². The van der Waals surface area contributed by atoms with Crippen LogP contribution in [0.1, 0.15) is 25.3 Å². The molecule has 1 aliphatic rings. The van der Waals surface area contributed by atoms with Gasteiger partial charge < -0.3 is 14.8 Å². The van der Waals surface area contributed by atoms with Crippen LogP contribution in [0.3, 0.4) is 0 Å². The second-order valence-electron chi connectivity index (χ2n) is 5.35. The molecule has 1 heterocycles. The van der Waals surface area contributed by atoms with E-state index < -0.39 is 0 Å². The Bertz CT molecular complexity index is 468. The highest BCUT2D eigenvalue weighted by molar-refractivity contribution is 9.10. The SMILES string of the molecule is CCN1CCCC1CNCc1cc(OC)c(OC)cc1Br. The zero-order valence-electron chi connectivity index (χ0n) is 13.1. The Morgan fingerprint density at radius 3 is 2.67 bits per heavy atom. The number of nitrogens with one attached hydrogen (secondary N) is 1. The van der Waals surface area contributed by atoms with E-state index >= 15 is 0 Å². The third-order valence-corrected chi connectivity index (χ3v) is 4.89. The average Bonchev–Trinajstić information content (AvgIpc) is 2.95. The van der Waals surface area contributed by atoms with Crippen LogP contribution in [0, 0.1) is 0 Å². The van der Waals surface area contributed by atoms with Crippen molar-refractivity contribution in [1.29, 1.82) is 0 Å². The smallest absolute Gasteiger partial charge is 0.161 e. The van der Waals surface area contributed by atoms with Gasteiger partial charge in [0.1, 0.15) is 0 Å². The second kappa shape index (κ2) is 8.01. The average molecular weight is 357 g/mol. The summed E-state index contributed by atoms with van der Waals surface area (Å²) in [7, 11) is 3.32. The Balaban J connectivity index is 1.93. The minimum atomic E-state index is 0.675. The lowest BCUT2D eigenvalue weighted by atomic mass is 10.1. The summed E-state index contributed by atoms with van der Waals surface area (Å²) in [5.41, 5.74) is 1.19. The highest BCUT2D eigenvalue weighted by Crippen LogP contribution is 2.33. The van der Waals surface area contributed by atoms with Gasteiger partial charge >= 0.3 is 0 Å². The number of hydrogen-bond donors (Lipinski definition) is 1. The van der Waals surface area contributed by atoms with E-state index in [1.165, 1.54) is 24.9 Å².